The first-order chi connectivity index (χ1) is 12.5. The van der Waals surface area contributed by atoms with Crippen LogP contribution in [0.2, 0.25) is 0 Å². The highest BCUT2D eigenvalue weighted by Crippen LogP contribution is 2.25. The van der Waals surface area contributed by atoms with Gasteiger partial charge in [0.05, 0.1) is 25.4 Å². The van der Waals surface area contributed by atoms with Crippen LogP contribution in [0.4, 0.5) is 0 Å². The second-order valence-electron chi connectivity index (χ2n) is 5.72. The van der Waals surface area contributed by atoms with Crippen LogP contribution in [0.25, 0.3) is 0 Å². The fourth-order valence-corrected chi connectivity index (χ4v) is 2.58. The van der Waals surface area contributed by atoms with E-state index in [4.69, 9.17) is 14.2 Å². The molecule has 26 heavy (non-hydrogen) atoms. The van der Waals surface area contributed by atoms with Crippen molar-refractivity contribution in [2.75, 3.05) is 13.7 Å². The van der Waals surface area contributed by atoms with Gasteiger partial charge in [-0.15, -0.1) is 0 Å². The molecule has 0 N–H and O–H groups in total. The SMILES string of the molecule is COC(=O)[C@H]1O[C@H](/C=C/CCOC(=O)c2ccccc2)C[C@@H]1OC(C)=O. The Balaban J connectivity index is 1.78. The van der Waals surface area contributed by atoms with Crippen LogP contribution in [-0.2, 0) is 28.5 Å². The van der Waals surface area contributed by atoms with Crippen molar-refractivity contribution in [2.24, 2.45) is 0 Å². The molecule has 0 bridgehead atoms. The molecule has 1 aliphatic rings. The highest BCUT2D eigenvalue weighted by atomic mass is 16.6. The molecule has 7 nitrogen and oxygen atoms in total. The average Bonchev–Trinajstić information content (AvgIpc) is 3.03. The van der Waals surface area contributed by atoms with Gasteiger partial charge >= 0.3 is 17.9 Å². The summed E-state index contributed by atoms with van der Waals surface area (Å²) in [6.07, 6.45) is 2.43. The van der Waals surface area contributed by atoms with Crippen LogP contribution in [-0.4, -0.2) is 49.9 Å². The zero-order valence-corrected chi connectivity index (χ0v) is 14.8. The fraction of sp³-hybridized carbons (Fsp3) is 0.421. The van der Waals surface area contributed by atoms with Crippen LogP contribution in [0, 0.1) is 0 Å². The van der Waals surface area contributed by atoms with Crippen molar-refractivity contribution in [2.45, 2.75) is 38.1 Å². The van der Waals surface area contributed by atoms with Gasteiger partial charge in [0.2, 0.25) is 0 Å². The first-order valence-corrected chi connectivity index (χ1v) is 8.30. The number of carbonyl (C=O) groups excluding carboxylic acids is 3. The molecule has 0 spiro atoms. The lowest BCUT2D eigenvalue weighted by molar-refractivity contribution is -0.163. The Bertz CT molecular complexity index is 653. The summed E-state index contributed by atoms with van der Waals surface area (Å²) in [5.74, 6) is -1.44. The van der Waals surface area contributed by atoms with Crippen molar-refractivity contribution in [3.8, 4) is 0 Å². The van der Waals surface area contributed by atoms with E-state index in [9.17, 15) is 14.4 Å². The van der Waals surface area contributed by atoms with Gasteiger partial charge in [0.25, 0.3) is 0 Å². The first-order valence-electron chi connectivity index (χ1n) is 8.30. The summed E-state index contributed by atoms with van der Waals surface area (Å²) < 4.78 is 20.5. The number of esters is 3. The number of methoxy groups -OCH3 is 1. The molecule has 0 amide bonds. The maximum absolute atomic E-state index is 11.8. The summed E-state index contributed by atoms with van der Waals surface area (Å²) in [6.45, 7) is 1.50. The summed E-state index contributed by atoms with van der Waals surface area (Å²) in [5, 5.41) is 0. The van der Waals surface area contributed by atoms with E-state index in [1.165, 1.54) is 14.0 Å². The molecule has 0 aliphatic carbocycles. The highest BCUT2D eigenvalue weighted by molar-refractivity contribution is 5.89. The fourth-order valence-electron chi connectivity index (χ4n) is 2.58. The Kier molecular flexibility index (Phi) is 7.35. The van der Waals surface area contributed by atoms with Crippen molar-refractivity contribution in [3.63, 3.8) is 0 Å². The predicted molar refractivity (Wildman–Crippen MR) is 91.3 cm³/mol. The van der Waals surface area contributed by atoms with Crippen molar-refractivity contribution in [3.05, 3.63) is 48.0 Å². The van der Waals surface area contributed by atoms with Gasteiger partial charge < -0.3 is 18.9 Å². The Morgan fingerprint density at radius 1 is 1.23 bits per heavy atom. The Hall–Kier alpha value is -2.67. The van der Waals surface area contributed by atoms with Crippen LogP contribution in [0.15, 0.2) is 42.5 Å². The van der Waals surface area contributed by atoms with Gasteiger partial charge in [0, 0.05) is 13.3 Å². The molecular formula is C19H22O7. The molecule has 1 saturated heterocycles. The zero-order chi connectivity index (χ0) is 18.9. The summed E-state index contributed by atoms with van der Waals surface area (Å²) in [6, 6.07) is 8.74. The van der Waals surface area contributed by atoms with Crippen LogP contribution >= 0.6 is 0 Å². The van der Waals surface area contributed by atoms with E-state index in [0.717, 1.165) is 0 Å². The van der Waals surface area contributed by atoms with E-state index in [1.807, 2.05) is 6.07 Å². The Morgan fingerprint density at radius 2 is 1.96 bits per heavy atom. The van der Waals surface area contributed by atoms with E-state index >= 15 is 0 Å². The van der Waals surface area contributed by atoms with Gasteiger partial charge in [-0.3, -0.25) is 4.79 Å². The molecule has 3 atom stereocenters. The van der Waals surface area contributed by atoms with Gasteiger partial charge in [-0.1, -0.05) is 30.4 Å². The molecule has 0 aromatic heterocycles. The van der Waals surface area contributed by atoms with Gasteiger partial charge in [0.1, 0.15) is 6.10 Å². The molecule has 1 aliphatic heterocycles. The molecule has 0 unspecified atom stereocenters. The second-order valence-corrected chi connectivity index (χ2v) is 5.72. The van der Waals surface area contributed by atoms with Gasteiger partial charge in [-0.05, 0) is 18.6 Å². The average molecular weight is 362 g/mol. The summed E-state index contributed by atoms with van der Waals surface area (Å²) >= 11 is 0. The summed E-state index contributed by atoms with van der Waals surface area (Å²) in [7, 11) is 1.25. The van der Waals surface area contributed by atoms with Crippen molar-refractivity contribution >= 4 is 17.9 Å². The van der Waals surface area contributed by atoms with E-state index in [0.29, 0.717) is 18.4 Å². The minimum atomic E-state index is -0.936. The number of carbonyl (C=O) groups is 3. The minimum absolute atomic E-state index is 0.227. The molecule has 1 aromatic carbocycles. The summed E-state index contributed by atoms with van der Waals surface area (Å²) in [5.41, 5.74) is 0.501. The number of ether oxygens (including phenoxy) is 4. The van der Waals surface area contributed by atoms with E-state index in [1.54, 1.807) is 36.4 Å². The van der Waals surface area contributed by atoms with Crippen molar-refractivity contribution in [1.82, 2.24) is 0 Å². The molecule has 0 radical (unpaired) electrons. The van der Waals surface area contributed by atoms with E-state index < -0.39 is 24.1 Å². The van der Waals surface area contributed by atoms with Crippen LogP contribution in [0.5, 0.6) is 0 Å². The Labute approximate surface area is 151 Å². The summed E-state index contributed by atoms with van der Waals surface area (Å²) in [4.78, 5) is 34.7. The largest absolute Gasteiger partial charge is 0.467 e. The van der Waals surface area contributed by atoms with Gasteiger partial charge in [-0.2, -0.15) is 0 Å². The lowest BCUT2D eigenvalue weighted by Crippen LogP contribution is -2.34. The second kappa shape index (κ2) is 9.72. The van der Waals surface area contributed by atoms with E-state index in [-0.39, 0.29) is 18.7 Å². The first kappa shape index (κ1) is 19.7. The lowest BCUT2D eigenvalue weighted by atomic mass is 10.1. The third kappa shape index (κ3) is 5.70. The molecule has 1 heterocycles. The normalized spacial score (nSPS) is 22.2. The Morgan fingerprint density at radius 3 is 2.62 bits per heavy atom. The van der Waals surface area contributed by atoms with Gasteiger partial charge in [-0.25, -0.2) is 9.59 Å². The standard InChI is InChI=1S/C19H22O7/c1-13(20)25-16-12-15(26-17(16)19(22)23-2)10-6-7-11-24-18(21)14-8-4-3-5-9-14/h3-6,8-10,15-17H,7,11-12H2,1-2H3/b10-6+/t15-,16+,17+/m1/s1. The monoisotopic (exact) mass is 362 g/mol. The highest BCUT2D eigenvalue weighted by Gasteiger charge is 2.41. The minimum Gasteiger partial charge on any atom is -0.467 e. The molecule has 0 saturated carbocycles. The number of hydrogen-bond donors (Lipinski definition) is 0. The van der Waals surface area contributed by atoms with Gasteiger partial charge in [0.15, 0.2) is 6.10 Å². The molecule has 7 heteroatoms. The van der Waals surface area contributed by atoms with Crippen LogP contribution < -0.4 is 0 Å². The maximum Gasteiger partial charge on any atom is 0.338 e. The zero-order valence-electron chi connectivity index (χ0n) is 14.8. The quantitative estimate of drug-likeness (QED) is 0.317. The van der Waals surface area contributed by atoms with E-state index in [2.05, 4.69) is 4.74 Å². The maximum atomic E-state index is 11.8. The molecule has 1 fully saturated rings. The van der Waals surface area contributed by atoms with Crippen LogP contribution in [0.3, 0.4) is 0 Å². The molecule has 1 aromatic rings. The molecular weight excluding hydrogens is 340 g/mol. The van der Waals surface area contributed by atoms with Crippen molar-refractivity contribution in [1.29, 1.82) is 0 Å². The smallest absolute Gasteiger partial charge is 0.338 e. The van der Waals surface area contributed by atoms with Crippen LogP contribution in [0.1, 0.15) is 30.1 Å². The third-order valence-electron chi connectivity index (χ3n) is 3.75. The molecule has 140 valence electrons. The topological polar surface area (TPSA) is 88.1 Å². The lowest BCUT2D eigenvalue weighted by Gasteiger charge is -2.15. The predicted octanol–water partition coefficient (Wildman–Crippen LogP) is 2.05. The third-order valence-corrected chi connectivity index (χ3v) is 3.75. The number of rotatable bonds is 7. The van der Waals surface area contributed by atoms with Crippen molar-refractivity contribution < 1.29 is 33.3 Å². The molecule has 2 rings (SSSR count). The number of hydrogen-bond acceptors (Lipinski definition) is 7. The number of benzene rings is 1.